The van der Waals surface area contributed by atoms with E-state index in [-0.39, 0.29) is 62.1 Å². The fourth-order valence-electron chi connectivity index (χ4n) is 1.78. The molecule has 0 fully saturated rings. The summed E-state index contributed by atoms with van der Waals surface area (Å²) >= 11 is 5.77. The summed E-state index contributed by atoms with van der Waals surface area (Å²) in [5.74, 6) is -2.31. The van der Waals surface area contributed by atoms with Gasteiger partial charge in [-0.25, -0.2) is 13.2 Å². The van der Waals surface area contributed by atoms with Gasteiger partial charge in [0, 0.05) is 69.2 Å². The number of nitrogens with one attached hydrogen (secondary N) is 1. The van der Waals surface area contributed by atoms with Gasteiger partial charge in [0.05, 0.1) is 15.5 Å². The first-order valence-corrected chi connectivity index (χ1v) is 7.99. The summed E-state index contributed by atoms with van der Waals surface area (Å²) in [5, 5.41) is 30.7. The van der Waals surface area contributed by atoms with Crippen LogP contribution in [0.5, 0.6) is 5.75 Å². The average molecular weight is 411 g/mol. The third-order valence-corrected chi connectivity index (χ3v) is 4.74. The van der Waals surface area contributed by atoms with Gasteiger partial charge < -0.3 is 10.2 Å². The van der Waals surface area contributed by atoms with Crippen LogP contribution in [-0.2, 0) is 10.0 Å². The zero-order valence-corrected chi connectivity index (χ0v) is 17.3. The molecule has 12 heteroatoms. The van der Waals surface area contributed by atoms with Crippen LogP contribution in [0.4, 0.5) is 11.4 Å². The number of rotatable bonds is 5. The van der Waals surface area contributed by atoms with Crippen molar-refractivity contribution in [1.29, 1.82) is 0 Å². The molecule has 127 valence electrons. The van der Waals surface area contributed by atoms with Gasteiger partial charge in [-0.1, -0.05) is 23.4 Å². The zero-order valence-electron chi connectivity index (χ0n) is 12.6. The van der Waals surface area contributed by atoms with Crippen LogP contribution in [0.3, 0.4) is 0 Å². The number of hydrogen-bond acceptors (Lipinski definition) is 6. The second kappa shape index (κ2) is 8.45. The molecule has 2 aromatic rings. The molecule has 1 radical (unpaired) electrons. The van der Waals surface area contributed by atoms with Crippen molar-refractivity contribution in [2.24, 2.45) is 0 Å². The van der Waals surface area contributed by atoms with Gasteiger partial charge in [-0.3, -0.25) is 14.8 Å². The van der Waals surface area contributed by atoms with Crippen molar-refractivity contribution in [3.05, 3.63) is 57.1 Å². The van der Waals surface area contributed by atoms with E-state index < -0.39 is 42.8 Å². The van der Waals surface area contributed by atoms with Crippen LogP contribution in [-0.4, -0.2) is 75.8 Å². The van der Waals surface area contributed by atoms with Crippen molar-refractivity contribution in [2.45, 2.75) is 4.90 Å². The minimum absolute atomic E-state index is 0. The molecule has 0 atom stereocenters. The maximum atomic E-state index is 12.3. The quantitative estimate of drug-likeness (QED) is 0.430. The molecule has 9 nitrogen and oxygen atoms in total. The number of carbonyl (C=O) groups is 1. The number of nitro groups is 1. The summed E-state index contributed by atoms with van der Waals surface area (Å²) in [7, 11) is -4.34. The molecule has 0 saturated carbocycles. The van der Waals surface area contributed by atoms with Crippen molar-refractivity contribution in [3.8, 4) is 5.75 Å². The predicted molar refractivity (Wildman–Crippen MR) is 87.5 cm³/mol. The molecule has 0 spiro atoms. The third kappa shape index (κ3) is 5.14. The monoisotopic (exact) mass is 410 g/mol. The van der Waals surface area contributed by atoms with Gasteiger partial charge in [0.25, 0.3) is 15.7 Å². The van der Waals surface area contributed by atoms with E-state index in [4.69, 9.17) is 16.7 Å². The van der Waals surface area contributed by atoms with Crippen molar-refractivity contribution >= 4 is 90.4 Å². The fourth-order valence-corrected chi connectivity index (χ4v) is 3.35. The van der Waals surface area contributed by atoms with Gasteiger partial charge in [0.2, 0.25) is 0 Å². The Kier molecular flexibility index (Phi) is 7.37. The van der Waals surface area contributed by atoms with E-state index in [1.807, 2.05) is 4.72 Å². The molecule has 0 unspecified atom stereocenters. The SMILES string of the molecule is O=C(O)c1cc(NS(=O)(=O)c2cc([N+](=O)[O-])ccc2Cl)ccc1[O-].[K]. The minimum atomic E-state index is -4.34. The number of carboxylic acid groups (broad SMARTS) is 1. The number of anilines is 1. The molecule has 25 heavy (non-hydrogen) atoms. The van der Waals surface area contributed by atoms with E-state index in [0.717, 1.165) is 36.4 Å². The van der Waals surface area contributed by atoms with E-state index in [1.165, 1.54) is 0 Å². The number of nitrogens with zero attached hydrogens (tertiary/aromatic N) is 1. The summed E-state index contributed by atoms with van der Waals surface area (Å²) in [6, 6.07) is 5.65. The Morgan fingerprint density at radius 2 is 1.84 bits per heavy atom. The number of benzene rings is 2. The van der Waals surface area contributed by atoms with Gasteiger partial charge in [-0.15, -0.1) is 0 Å². The molecule has 0 saturated heterocycles. The molecule has 2 N–H and O–H groups in total. The fraction of sp³-hybridized carbons (Fsp3) is 0. The van der Waals surface area contributed by atoms with E-state index >= 15 is 0 Å². The van der Waals surface area contributed by atoms with Crippen LogP contribution in [0.25, 0.3) is 0 Å². The molecule has 2 rings (SSSR count). The molecule has 0 aliphatic rings. The maximum absolute atomic E-state index is 12.3. The molecule has 0 aliphatic heterocycles. The Morgan fingerprint density at radius 3 is 2.40 bits per heavy atom. The first-order valence-electron chi connectivity index (χ1n) is 6.13. The van der Waals surface area contributed by atoms with Gasteiger partial charge in [0.1, 0.15) is 4.90 Å². The van der Waals surface area contributed by atoms with Crippen LogP contribution in [0, 0.1) is 10.1 Å². The smallest absolute Gasteiger partial charge is 0.335 e. The Hall–Kier alpha value is -1.21. The average Bonchev–Trinajstić information content (AvgIpc) is 2.48. The predicted octanol–water partition coefficient (Wildman–Crippen LogP) is 1.44. The van der Waals surface area contributed by atoms with Gasteiger partial charge >= 0.3 is 5.97 Å². The third-order valence-electron chi connectivity index (χ3n) is 2.88. The van der Waals surface area contributed by atoms with Crippen molar-refractivity contribution < 1.29 is 28.3 Å². The van der Waals surface area contributed by atoms with Crippen LogP contribution < -0.4 is 9.83 Å². The van der Waals surface area contributed by atoms with E-state index in [1.54, 1.807) is 0 Å². The Labute approximate surface area is 189 Å². The van der Waals surface area contributed by atoms with Gasteiger partial charge in [0.15, 0.2) is 0 Å². The van der Waals surface area contributed by atoms with Crippen molar-refractivity contribution in [2.75, 3.05) is 4.72 Å². The number of non-ortho nitro benzene ring substituents is 1. The van der Waals surface area contributed by atoms with E-state index in [0.29, 0.717) is 0 Å². The topological polar surface area (TPSA) is 150 Å². The van der Waals surface area contributed by atoms with Crippen molar-refractivity contribution in [1.82, 2.24) is 0 Å². The molecule has 0 aliphatic carbocycles. The number of aromatic carboxylic acids is 1. The number of nitro benzene ring substituents is 1. The molecular formula is C13H8ClKN2O7S-. The number of sulfonamides is 1. The number of halogens is 1. The standard InChI is InChI=1S/C13H9ClN2O7S.K/c14-10-3-2-8(16(20)21)6-12(10)24(22,23)15-7-1-4-11(17)9(5-7)13(18)19;/h1-6,15,17H,(H,18,19);/p-1. The largest absolute Gasteiger partial charge is 0.872 e. The molecule has 0 amide bonds. The van der Waals surface area contributed by atoms with Gasteiger partial charge in [-0.05, 0) is 18.2 Å². The van der Waals surface area contributed by atoms with Gasteiger partial charge in [-0.2, -0.15) is 0 Å². The maximum Gasteiger partial charge on any atom is 0.335 e. The zero-order chi connectivity index (χ0) is 18.1. The van der Waals surface area contributed by atoms with Crippen molar-refractivity contribution in [3.63, 3.8) is 0 Å². The van der Waals surface area contributed by atoms with E-state index in [9.17, 15) is 28.4 Å². The number of carboxylic acids is 1. The molecule has 0 bridgehead atoms. The van der Waals surface area contributed by atoms with Crippen LogP contribution >= 0.6 is 11.6 Å². The summed E-state index contributed by atoms with van der Waals surface area (Å²) < 4.78 is 26.7. The second-order valence-electron chi connectivity index (χ2n) is 4.49. The normalized spacial score (nSPS) is 10.6. The summed E-state index contributed by atoms with van der Waals surface area (Å²) in [4.78, 5) is 20.3. The molecule has 2 aromatic carbocycles. The van der Waals surface area contributed by atoms with Crippen LogP contribution in [0.1, 0.15) is 10.4 Å². The molecule has 0 aromatic heterocycles. The first kappa shape index (κ1) is 21.8. The summed E-state index contributed by atoms with van der Waals surface area (Å²) in [6.07, 6.45) is 0. The Bertz CT molecular complexity index is 949. The second-order valence-corrected chi connectivity index (χ2v) is 6.55. The minimum Gasteiger partial charge on any atom is -0.872 e. The Morgan fingerprint density at radius 1 is 1.20 bits per heavy atom. The van der Waals surface area contributed by atoms with Crippen LogP contribution in [0.15, 0.2) is 41.3 Å². The molecular weight excluding hydrogens is 403 g/mol. The molecule has 0 heterocycles. The Balaban J connectivity index is 0.00000312. The van der Waals surface area contributed by atoms with E-state index in [2.05, 4.69) is 0 Å². The number of hydrogen-bond donors (Lipinski definition) is 2. The summed E-state index contributed by atoms with van der Waals surface area (Å²) in [5.41, 5.74) is -1.31. The van der Waals surface area contributed by atoms with Crippen LogP contribution in [0.2, 0.25) is 5.02 Å². The summed E-state index contributed by atoms with van der Waals surface area (Å²) in [6.45, 7) is 0. The first-order chi connectivity index (χ1) is 11.1.